The summed E-state index contributed by atoms with van der Waals surface area (Å²) in [4.78, 5) is 6.23. The smallest absolute Gasteiger partial charge is 0.213 e. The lowest BCUT2D eigenvalue weighted by molar-refractivity contribution is 0.0200. The third kappa shape index (κ3) is 9.87. The van der Waals surface area contributed by atoms with E-state index in [-0.39, 0.29) is 48.1 Å². The first-order valence-corrected chi connectivity index (χ1v) is 11.9. The van der Waals surface area contributed by atoms with Crippen LogP contribution in [-0.2, 0) is 21.3 Å². The van der Waals surface area contributed by atoms with E-state index in [1.807, 2.05) is 18.9 Å². The van der Waals surface area contributed by atoms with Crippen molar-refractivity contribution in [3.63, 3.8) is 0 Å². The Hall–Kier alpha value is -1.18. The highest BCUT2D eigenvalue weighted by molar-refractivity contribution is 14.0. The molecule has 1 aromatic carbocycles. The van der Waals surface area contributed by atoms with Gasteiger partial charge in [0.05, 0.1) is 25.5 Å². The van der Waals surface area contributed by atoms with Crippen molar-refractivity contribution in [2.45, 2.75) is 38.8 Å². The summed E-state index contributed by atoms with van der Waals surface area (Å²) in [7, 11) is -0.198. The van der Waals surface area contributed by atoms with Gasteiger partial charge in [-0.15, -0.1) is 24.0 Å². The molecule has 1 fully saturated rings. The Bertz CT molecular complexity index is 804. The zero-order valence-electron chi connectivity index (χ0n) is 18.4. The molecule has 0 bridgehead atoms. The quantitative estimate of drug-likeness (QED) is 0.254. The SMILES string of the molecule is CCNC(=NCCS(=O)(=O)NCC1CCCCO1)N(C)Cc1ccc(OC)c(F)c1.I. The molecule has 1 saturated heterocycles. The third-order valence-electron chi connectivity index (χ3n) is 4.76. The van der Waals surface area contributed by atoms with Crippen LogP contribution < -0.4 is 14.8 Å². The van der Waals surface area contributed by atoms with Gasteiger partial charge in [0.2, 0.25) is 10.0 Å². The normalized spacial score (nSPS) is 17.0. The molecule has 0 amide bonds. The monoisotopic (exact) mass is 572 g/mol. The van der Waals surface area contributed by atoms with E-state index in [1.54, 1.807) is 12.1 Å². The maximum absolute atomic E-state index is 13.9. The van der Waals surface area contributed by atoms with Crippen molar-refractivity contribution in [1.29, 1.82) is 0 Å². The molecule has 1 aliphatic rings. The molecule has 1 atom stereocenters. The van der Waals surface area contributed by atoms with Crippen molar-refractivity contribution in [1.82, 2.24) is 14.9 Å². The summed E-state index contributed by atoms with van der Waals surface area (Å²) in [5.74, 6) is 0.210. The largest absolute Gasteiger partial charge is 0.494 e. The summed E-state index contributed by atoms with van der Waals surface area (Å²) in [6.45, 7) is 4.08. The fraction of sp³-hybridized carbons (Fsp3) is 0.650. The molecule has 2 rings (SSSR count). The fourth-order valence-electron chi connectivity index (χ4n) is 3.16. The second kappa shape index (κ2) is 14.1. The number of ether oxygens (including phenoxy) is 2. The number of benzene rings is 1. The van der Waals surface area contributed by atoms with Gasteiger partial charge < -0.3 is 19.7 Å². The van der Waals surface area contributed by atoms with Gasteiger partial charge in [-0.2, -0.15) is 0 Å². The molecule has 2 N–H and O–H groups in total. The number of aliphatic imine (C=N–C) groups is 1. The van der Waals surface area contributed by atoms with E-state index in [1.165, 1.54) is 13.2 Å². The highest BCUT2D eigenvalue weighted by Crippen LogP contribution is 2.18. The summed E-state index contributed by atoms with van der Waals surface area (Å²) < 4.78 is 51.5. The van der Waals surface area contributed by atoms with Crippen molar-refractivity contribution in [2.75, 3.05) is 46.2 Å². The van der Waals surface area contributed by atoms with Crippen LogP contribution in [0.15, 0.2) is 23.2 Å². The Morgan fingerprint density at radius 2 is 2.16 bits per heavy atom. The molecule has 0 aromatic heterocycles. The van der Waals surface area contributed by atoms with E-state index in [0.717, 1.165) is 24.8 Å². The van der Waals surface area contributed by atoms with Gasteiger partial charge in [-0.1, -0.05) is 6.07 Å². The molecule has 1 aromatic rings. The van der Waals surface area contributed by atoms with Crippen LogP contribution in [0.25, 0.3) is 0 Å². The fourth-order valence-corrected chi connectivity index (χ4v) is 4.07. The zero-order valence-corrected chi connectivity index (χ0v) is 21.5. The van der Waals surface area contributed by atoms with Crippen LogP contribution in [0.2, 0.25) is 0 Å². The molecule has 0 radical (unpaired) electrons. The number of sulfonamides is 1. The number of halogens is 2. The number of nitrogens with zero attached hydrogens (tertiary/aromatic N) is 2. The average Bonchev–Trinajstić information content (AvgIpc) is 2.72. The van der Waals surface area contributed by atoms with Gasteiger partial charge >= 0.3 is 0 Å². The molecule has 0 spiro atoms. The van der Waals surface area contributed by atoms with E-state index >= 15 is 0 Å². The molecule has 1 aliphatic heterocycles. The number of rotatable bonds is 10. The first kappa shape index (κ1) is 27.9. The summed E-state index contributed by atoms with van der Waals surface area (Å²) >= 11 is 0. The Kier molecular flexibility index (Phi) is 12.6. The molecular weight excluding hydrogens is 538 g/mol. The number of methoxy groups -OCH3 is 1. The molecule has 31 heavy (non-hydrogen) atoms. The topological polar surface area (TPSA) is 92.3 Å². The van der Waals surface area contributed by atoms with Gasteiger partial charge in [0, 0.05) is 33.3 Å². The van der Waals surface area contributed by atoms with Crippen LogP contribution in [-0.4, -0.2) is 71.5 Å². The maximum atomic E-state index is 13.9. The van der Waals surface area contributed by atoms with Crippen LogP contribution in [0.1, 0.15) is 31.7 Å². The molecular formula is C20H34FIN4O4S. The van der Waals surface area contributed by atoms with E-state index in [0.29, 0.717) is 32.2 Å². The van der Waals surface area contributed by atoms with Crippen LogP contribution in [0, 0.1) is 5.82 Å². The Morgan fingerprint density at radius 1 is 1.39 bits per heavy atom. The summed E-state index contributed by atoms with van der Waals surface area (Å²) in [5.41, 5.74) is 0.753. The highest BCUT2D eigenvalue weighted by atomic mass is 127. The van der Waals surface area contributed by atoms with E-state index in [2.05, 4.69) is 15.0 Å². The molecule has 1 heterocycles. The lowest BCUT2D eigenvalue weighted by atomic mass is 10.1. The van der Waals surface area contributed by atoms with Crippen molar-refractivity contribution in [3.05, 3.63) is 29.6 Å². The highest BCUT2D eigenvalue weighted by Gasteiger charge is 2.18. The van der Waals surface area contributed by atoms with Crippen molar-refractivity contribution < 1.29 is 22.3 Å². The van der Waals surface area contributed by atoms with Crippen LogP contribution in [0.3, 0.4) is 0 Å². The molecule has 178 valence electrons. The third-order valence-corrected chi connectivity index (χ3v) is 6.09. The minimum Gasteiger partial charge on any atom is -0.494 e. The van der Waals surface area contributed by atoms with E-state index in [9.17, 15) is 12.8 Å². The second-order valence-electron chi connectivity index (χ2n) is 7.22. The van der Waals surface area contributed by atoms with Gasteiger partial charge in [-0.05, 0) is 43.9 Å². The number of hydrogen-bond acceptors (Lipinski definition) is 5. The van der Waals surface area contributed by atoms with Crippen molar-refractivity contribution >= 4 is 40.0 Å². The maximum Gasteiger partial charge on any atom is 0.213 e. The summed E-state index contributed by atoms with van der Waals surface area (Å²) in [5, 5.41) is 3.13. The van der Waals surface area contributed by atoms with Gasteiger partial charge in [-0.3, -0.25) is 4.99 Å². The lowest BCUT2D eigenvalue weighted by Crippen LogP contribution is -2.39. The minimum atomic E-state index is -3.44. The van der Waals surface area contributed by atoms with Crippen molar-refractivity contribution in [3.8, 4) is 5.75 Å². The molecule has 0 aliphatic carbocycles. The Morgan fingerprint density at radius 3 is 2.77 bits per heavy atom. The molecule has 11 heteroatoms. The van der Waals surface area contributed by atoms with Gasteiger partial charge in [0.15, 0.2) is 17.5 Å². The average molecular weight is 572 g/mol. The van der Waals surface area contributed by atoms with Crippen LogP contribution >= 0.6 is 24.0 Å². The predicted molar refractivity (Wildman–Crippen MR) is 131 cm³/mol. The first-order valence-electron chi connectivity index (χ1n) is 10.3. The van der Waals surface area contributed by atoms with Crippen LogP contribution in [0.5, 0.6) is 5.75 Å². The van der Waals surface area contributed by atoms with E-state index in [4.69, 9.17) is 9.47 Å². The Labute approximate surface area is 202 Å². The zero-order chi connectivity index (χ0) is 22.0. The minimum absolute atomic E-state index is 0. The van der Waals surface area contributed by atoms with Crippen molar-refractivity contribution in [2.24, 2.45) is 4.99 Å². The summed E-state index contributed by atoms with van der Waals surface area (Å²) in [6, 6.07) is 4.78. The molecule has 0 saturated carbocycles. The number of guanidine groups is 1. The van der Waals surface area contributed by atoms with E-state index < -0.39 is 15.8 Å². The summed E-state index contributed by atoms with van der Waals surface area (Å²) in [6.07, 6.45) is 2.92. The standard InChI is InChI=1S/C20H33FN4O4S.HI/c1-4-22-20(25(2)15-16-8-9-19(28-3)18(21)13-16)23-10-12-30(26,27)24-14-17-7-5-6-11-29-17;/h8-9,13,17,24H,4-7,10-12,14-15H2,1-3H3,(H,22,23);1H. The number of nitrogens with one attached hydrogen (secondary N) is 2. The Balaban J connectivity index is 0.00000480. The predicted octanol–water partition coefficient (Wildman–Crippen LogP) is 2.34. The van der Waals surface area contributed by atoms with Crippen LogP contribution in [0.4, 0.5) is 4.39 Å². The van der Waals surface area contributed by atoms with Gasteiger partial charge in [0.25, 0.3) is 0 Å². The number of hydrogen-bond donors (Lipinski definition) is 2. The van der Waals surface area contributed by atoms with Gasteiger partial charge in [0.1, 0.15) is 0 Å². The van der Waals surface area contributed by atoms with Gasteiger partial charge in [-0.25, -0.2) is 17.5 Å². The second-order valence-corrected chi connectivity index (χ2v) is 9.14. The molecule has 1 unspecified atom stereocenters. The lowest BCUT2D eigenvalue weighted by Gasteiger charge is -2.23. The first-order chi connectivity index (χ1) is 14.3. The molecule has 8 nitrogen and oxygen atoms in total.